The van der Waals surface area contributed by atoms with Gasteiger partial charge >= 0.3 is 5.97 Å². The van der Waals surface area contributed by atoms with E-state index in [-0.39, 0.29) is 10.5 Å². The zero-order valence-electron chi connectivity index (χ0n) is 14.1. The number of rotatable bonds is 7. The average Bonchev–Trinajstić information content (AvgIpc) is 2.67. The predicted molar refractivity (Wildman–Crippen MR) is 92.3 cm³/mol. The Morgan fingerprint density at radius 2 is 1.71 bits per heavy atom. The van der Waals surface area contributed by atoms with Crippen LogP contribution in [0.5, 0.6) is 0 Å². The molecule has 0 saturated carbocycles. The van der Waals surface area contributed by atoms with Gasteiger partial charge in [-0.3, -0.25) is 9.59 Å². The van der Waals surface area contributed by atoms with Crippen LogP contribution < -0.4 is 10.0 Å². The fourth-order valence-electron chi connectivity index (χ4n) is 2.01. The first kappa shape index (κ1) is 20.9. The highest BCUT2D eigenvalue weighted by molar-refractivity contribution is 7.89. The molecule has 0 aromatic heterocycles. The summed E-state index contributed by atoms with van der Waals surface area (Å²) in [5, 5.41) is 10.8. The second-order valence-electron chi connectivity index (χ2n) is 5.24. The lowest BCUT2D eigenvalue weighted by Gasteiger charge is -2.09. The summed E-state index contributed by atoms with van der Waals surface area (Å²) in [7, 11) is -4.17. The van der Waals surface area contributed by atoms with Crippen molar-refractivity contribution in [1.29, 1.82) is 5.26 Å². The number of sulfonamides is 1. The van der Waals surface area contributed by atoms with Gasteiger partial charge in [0.15, 0.2) is 6.61 Å². The molecule has 2 rings (SSSR count). The molecule has 0 radical (unpaired) electrons. The molecule has 2 aromatic rings. The van der Waals surface area contributed by atoms with Gasteiger partial charge in [0.25, 0.3) is 5.91 Å². The number of hydrogen-bond acceptors (Lipinski definition) is 6. The third-order valence-corrected chi connectivity index (χ3v) is 4.75. The SMILES string of the molecule is N#Cc1ccccc1S(=O)(=O)NCC(=O)OCC(=O)Nc1c(F)cccc1F. The first-order valence-corrected chi connectivity index (χ1v) is 9.11. The van der Waals surface area contributed by atoms with Crippen molar-refractivity contribution < 1.29 is 31.5 Å². The summed E-state index contributed by atoms with van der Waals surface area (Å²) in [5.41, 5.74) is -0.813. The number of anilines is 1. The smallest absolute Gasteiger partial charge is 0.321 e. The number of amides is 1. The number of nitriles is 1. The van der Waals surface area contributed by atoms with Crippen molar-refractivity contribution in [2.75, 3.05) is 18.5 Å². The summed E-state index contributed by atoms with van der Waals surface area (Å²) in [6, 6.07) is 10.0. The Labute approximate surface area is 158 Å². The van der Waals surface area contributed by atoms with Crippen molar-refractivity contribution in [2.24, 2.45) is 0 Å². The number of carbonyl (C=O) groups excluding carboxylic acids is 2. The number of hydrogen-bond donors (Lipinski definition) is 2. The molecule has 0 saturated heterocycles. The van der Waals surface area contributed by atoms with Crippen LogP contribution >= 0.6 is 0 Å². The van der Waals surface area contributed by atoms with E-state index < -0.39 is 52.4 Å². The Kier molecular flexibility index (Phi) is 6.75. The van der Waals surface area contributed by atoms with Crippen molar-refractivity contribution >= 4 is 27.6 Å². The molecule has 0 spiro atoms. The van der Waals surface area contributed by atoms with E-state index in [1.807, 2.05) is 10.0 Å². The van der Waals surface area contributed by atoms with E-state index in [1.54, 1.807) is 6.07 Å². The number of benzene rings is 2. The molecule has 146 valence electrons. The van der Waals surface area contributed by atoms with Crippen molar-refractivity contribution in [3.8, 4) is 6.07 Å². The molecule has 8 nitrogen and oxygen atoms in total. The second-order valence-corrected chi connectivity index (χ2v) is 6.97. The van der Waals surface area contributed by atoms with Gasteiger partial charge in [-0.1, -0.05) is 18.2 Å². The molecule has 0 aliphatic rings. The number of para-hydroxylation sites is 1. The van der Waals surface area contributed by atoms with E-state index in [9.17, 15) is 26.8 Å². The van der Waals surface area contributed by atoms with E-state index in [1.165, 1.54) is 24.3 Å². The lowest BCUT2D eigenvalue weighted by Crippen LogP contribution is -2.32. The zero-order chi connectivity index (χ0) is 20.7. The van der Waals surface area contributed by atoms with E-state index in [2.05, 4.69) is 4.74 Å². The summed E-state index contributed by atoms with van der Waals surface area (Å²) in [5.74, 6) is -4.15. The van der Waals surface area contributed by atoms with Crippen LogP contribution in [-0.2, 0) is 24.3 Å². The summed E-state index contributed by atoms with van der Waals surface area (Å²) in [6.07, 6.45) is 0. The van der Waals surface area contributed by atoms with Crippen molar-refractivity contribution in [3.63, 3.8) is 0 Å². The quantitative estimate of drug-likeness (QED) is 0.664. The van der Waals surface area contributed by atoms with Gasteiger partial charge in [0.05, 0.1) is 10.5 Å². The Balaban J connectivity index is 1.89. The van der Waals surface area contributed by atoms with Gasteiger partial charge in [0.1, 0.15) is 29.9 Å². The number of ether oxygens (including phenoxy) is 1. The molecule has 0 heterocycles. The minimum absolute atomic E-state index is 0.116. The molecule has 0 unspecified atom stereocenters. The molecule has 1 amide bonds. The van der Waals surface area contributed by atoms with Gasteiger partial charge in [0.2, 0.25) is 10.0 Å². The molecule has 0 aliphatic carbocycles. The summed E-state index contributed by atoms with van der Waals surface area (Å²) >= 11 is 0. The van der Waals surface area contributed by atoms with E-state index >= 15 is 0 Å². The molecule has 0 atom stereocenters. The van der Waals surface area contributed by atoms with Gasteiger partial charge in [0, 0.05) is 0 Å². The Bertz CT molecular complexity index is 1030. The lowest BCUT2D eigenvalue weighted by atomic mass is 10.2. The number of nitrogens with one attached hydrogen (secondary N) is 2. The van der Waals surface area contributed by atoms with E-state index in [4.69, 9.17) is 5.26 Å². The number of nitrogens with zero attached hydrogens (tertiary/aromatic N) is 1. The third kappa shape index (κ3) is 5.32. The largest absolute Gasteiger partial charge is 0.455 e. The maximum atomic E-state index is 13.4. The van der Waals surface area contributed by atoms with Crippen LogP contribution in [0.4, 0.5) is 14.5 Å². The fraction of sp³-hybridized carbons (Fsp3) is 0.118. The monoisotopic (exact) mass is 409 g/mol. The highest BCUT2D eigenvalue weighted by Gasteiger charge is 2.20. The third-order valence-electron chi connectivity index (χ3n) is 3.29. The molecule has 0 aliphatic heterocycles. The molecular weight excluding hydrogens is 396 g/mol. The standard InChI is InChI=1S/C17H13F2N3O5S/c18-12-5-3-6-13(19)17(12)22-15(23)10-27-16(24)9-21-28(25,26)14-7-2-1-4-11(14)8-20/h1-7,21H,9-10H2,(H,22,23). The predicted octanol–water partition coefficient (Wildman–Crippen LogP) is 1.30. The Hall–Kier alpha value is -3.36. The van der Waals surface area contributed by atoms with Gasteiger partial charge < -0.3 is 10.1 Å². The van der Waals surface area contributed by atoms with Crippen molar-refractivity contribution in [3.05, 3.63) is 59.7 Å². The molecule has 11 heteroatoms. The second kappa shape index (κ2) is 9.03. The van der Waals surface area contributed by atoms with Gasteiger partial charge in [-0.05, 0) is 24.3 Å². The van der Waals surface area contributed by atoms with Gasteiger partial charge in [-0.25, -0.2) is 17.2 Å². The maximum Gasteiger partial charge on any atom is 0.321 e. The Morgan fingerprint density at radius 1 is 1.07 bits per heavy atom. The molecule has 28 heavy (non-hydrogen) atoms. The lowest BCUT2D eigenvalue weighted by molar-refractivity contribution is -0.146. The molecule has 0 bridgehead atoms. The van der Waals surface area contributed by atoms with Crippen LogP contribution in [-0.4, -0.2) is 33.4 Å². The molecule has 2 N–H and O–H groups in total. The fourth-order valence-corrected chi connectivity index (χ4v) is 3.14. The first-order chi connectivity index (χ1) is 13.2. The average molecular weight is 409 g/mol. The van der Waals surface area contributed by atoms with Crippen LogP contribution in [0, 0.1) is 23.0 Å². The highest BCUT2D eigenvalue weighted by atomic mass is 32.2. The van der Waals surface area contributed by atoms with Crippen LogP contribution in [0.2, 0.25) is 0 Å². The molecule has 0 fully saturated rings. The van der Waals surface area contributed by atoms with Crippen molar-refractivity contribution in [1.82, 2.24) is 4.72 Å². The van der Waals surface area contributed by atoms with Crippen molar-refractivity contribution in [2.45, 2.75) is 4.90 Å². The maximum absolute atomic E-state index is 13.4. The highest BCUT2D eigenvalue weighted by Crippen LogP contribution is 2.17. The van der Waals surface area contributed by atoms with Crippen LogP contribution in [0.25, 0.3) is 0 Å². The summed E-state index contributed by atoms with van der Waals surface area (Å²) in [4.78, 5) is 22.9. The van der Waals surface area contributed by atoms with Gasteiger partial charge in [-0.2, -0.15) is 9.98 Å². The van der Waals surface area contributed by atoms with Crippen LogP contribution in [0.1, 0.15) is 5.56 Å². The zero-order valence-corrected chi connectivity index (χ0v) is 14.9. The minimum atomic E-state index is -4.17. The van der Waals surface area contributed by atoms with E-state index in [0.717, 1.165) is 18.2 Å². The number of carbonyl (C=O) groups is 2. The van der Waals surface area contributed by atoms with Crippen LogP contribution in [0.3, 0.4) is 0 Å². The number of esters is 1. The topological polar surface area (TPSA) is 125 Å². The summed E-state index contributed by atoms with van der Waals surface area (Å²) in [6.45, 7) is -1.70. The minimum Gasteiger partial charge on any atom is -0.455 e. The molecule has 2 aromatic carbocycles. The molecular formula is C17H13F2N3O5S. The van der Waals surface area contributed by atoms with Crippen LogP contribution in [0.15, 0.2) is 47.4 Å². The first-order valence-electron chi connectivity index (χ1n) is 7.63. The number of halogens is 2. The summed E-state index contributed by atoms with van der Waals surface area (Å²) < 4.78 is 57.6. The van der Waals surface area contributed by atoms with Gasteiger partial charge in [-0.15, -0.1) is 0 Å². The Morgan fingerprint density at radius 3 is 2.36 bits per heavy atom. The van der Waals surface area contributed by atoms with E-state index in [0.29, 0.717) is 0 Å². The normalized spacial score (nSPS) is 10.8.